The largest absolute Gasteiger partial charge is 0.335 e. The van der Waals surface area contributed by atoms with Crippen molar-refractivity contribution >= 4 is 12.2 Å². The van der Waals surface area contributed by atoms with Crippen LogP contribution in [0.25, 0.3) is 12.2 Å². The molecule has 0 atom stereocenters. The molecule has 0 aromatic carbocycles. The van der Waals surface area contributed by atoms with Gasteiger partial charge < -0.3 is 9.13 Å². The molecule has 0 saturated heterocycles. The van der Waals surface area contributed by atoms with E-state index in [0.717, 1.165) is 24.5 Å². The van der Waals surface area contributed by atoms with Crippen LogP contribution in [0, 0.1) is 5.41 Å². The summed E-state index contributed by atoms with van der Waals surface area (Å²) in [7, 11) is 4.01. The molecule has 4 nitrogen and oxygen atoms in total. The summed E-state index contributed by atoms with van der Waals surface area (Å²) in [6, 6.07) is 0. The Balaban J connectivity index is 1.87. The van der Waals surface area contributed by atoms with Crippen LogP contribution in [0.2, 0.25) is 0 Å². The Bertz CT molecular complexity index is 575. The Morgan fingerprint density at radius 1 is 0.905 bits per heavy atom. The second kappa shape index (κ2) is 6.57. The standard InChI is InChI=1S/C17H24N4/c1-17(2,9-5-7-15-18-11-13-20(15)3)10-6-8-16-19-12-14-21(16)4/h5-8,11-14H,9-10H2,1-4H3/b7-5+,8-6+. The van der Waals surface area contributed by atoms with Gasteiger partial charge in [-0.3, -0.25) is 0 Å². The van der Waals surface area contributed by atoms with Crippen molar-refractivity contribution in [3.05, 3.63) is 48.6 Å². The first-order chi connectivity index (χ1) is 9.98. The third-order valence-electron chi connectivity index (χ3n) is 3.59. The SMILES string of the molecule is Cn1ccnc1/C=C/CC(C)(C)C/C=C/c1nccn1C. The van der Waals surface area contributed by atoms with Crippen molar-refractivity contribution in [3.8, 4) is 0 Å². The Morgan fingerprint density at radius 2 is 1.33 bits per heavy atom. The molecule has 0 aliphatic heterocycles. The summed E-state index contributed by atoms with van der Waals surface area (Å²) in [5, 5.41) is 0. The Labute approximate surface area is 126 Å². The normalized spacial score (nSPS) is 12.8. The van der Waals surface area contributed by atoms with Gasteiger partial charge in [-0.2, -0.15) is 0 Å². The summed E-state index contributed by atoms with van der Waals surface area (Å²) in [6.45, 7) is 4.55. The molecule has 2 rings (SSSR count). The zero-order chi connectivity index (χ0) is 15.3. The van der Waals surface area contributed by atoms with Gasteiger partial charge in [0.05, 0.1) is 0 Å². The van der Waals surface area contributed by atoms with Crippen LogP contribution in [0.4, 0.5) is 0 Å². The van der Waals surface area contributed by atoms with E-state index in [9.17, 15) is 0 Å². The minimum atomic E-state index is 0.226. The summed E-state index contributed by atoms with van der Waals surface area (Å²) < 4.78 is 4.04. The minimum Gasteiger partial charge on any atom is -0.335 e. The Hall–Kier alpha value is -2.10. The van der Waals surface area contributed by atoms with Gasteiger partial charge in [-0.15, -0.1) is 0 Å². The molecule has 0 bridgehead atoms. The van der Waals surface area contributed by atoms with Crippen LogP contribution in [0.1, 0.15) is 38.3 Å². The molecule has 21 heavy (non-hydrogen) atoms. The molecular formula is C17H24N4. The minimum absolute atomic E-state index is 0.226. The number of aromatic nitrogens is 4. The average molecular weight is 284 g/mol. The second-order valence-corrected chi connectivity index (χ2v) is 6.17. The molecule has 0 N–H and O–H groups in total. The third-order valence-corrected chi connectivity index (χ3v) is 3.59. The highest BCUT2D eigenvalue weighted by atomic mass is 15.0. The maximum atomic E-state index is 4.29. The molecule has 2 heterocycles. The predicted octanol–water partition coefficient (Wildman–Crippen LogP) is 3.69. The van der Waals surface area contributed by atoms with E-state index in [0.29, 0.717) is 0 Å². The lowest BCUT2D eigenvalue weighted by Crippen LogP contribution is -2.08. The quantitative estimate of drug-likeness (QED) is 0.811. The summed E-state index contributed by atoms with van der Waals surface area (Å²) in [6.07, 6.45) is 18.2. The first-order valence-corrected chi connectivity index (χ1v) is 7.26. The van der Waals surface area contributed by atoms with Crippen LogP contribution in [0.5, 0.6) is 0 Å². The first kappa shape index (κ1) is 15.3. The number of allylic oxidation sites excluding steroid dienone is 2. The summed E-state index contributed by atoms with van der Waals surface area (Å²) in [5.74, 6) is 1.99. The van der Waals surface area contributed by atoms with Crippen molar-refractivity contribution in [2.24, 2.45) is 19.5 Å². The lowest BCUT2D eigenvalue weighted by atomic mass is 9.85. The smallest absolute Gasteiger partial charge is 0.131 e. The van der Waals surface area contributed by atoms with E-state index in [-0.39, 0.29) is 5.41 Å². The van der Waals surface area contributed by atoms with Gasteiger partial charge in [-0.05, 0) is 30.4 Å². The number of imidazole rings is 2. The lowest BCUT2D eigenvalue weighted by Gasteiger charge is -2.20. The van der Waals surface area contributed by atoms with Gasteiger partial charge in [0.2, 0.25) is 0 Å². The summed E-state index contributed by atoms with van der Waals surface area (Å²) >= 11 is 0. The van der Waals surface area contributed by atoms with Crippen molar-refractivity contribution in [1.29, 1.82) is 0 Å². The van der Waals surface area contributed by atoms with Crippen LogP contribution >= 0.6 is 0 Å². The van der Waals surface area contributed by atoms with Crippen molar-refractivity contribution in [2.75, 3.05) is 0 Å². The fraction of sp³-hybridized carbons (Fsp3) is 0.412. The van der Waals surface area contributed by atoms with Gasteiger partial charge in [0.25, 0.3) is 0 Å². The van der Waals surface area contributed by atoms with Crippen molar-refractivity contribution in [3.63, 3.8) is 0 Å². The predicted molar refractivity (Wildman–Crippen MR) is 87.5 cm³/mol. The molecule has 0 amide bonds. The number of aryl methyl sites for hydroxylation is 2. The van der Waals surface area contributed by atoms with Gasteiger partial charge in [-0.25, -0.2) is 9.97 Å². The number of hydrogen-bond acceptors (Lipinski definition) is 2. The maximum Gasteiger partial charge on any atom is 0.131 e. The zero-order valence-corrected chi connectivity index (χ0v) is 13.3. The monoisotopic (exact) mass is 284 g/mol. The van der Waals surface area contributed by atoms with E-state index >= 15 is 0 Å². The second-order valence-electron chi connectivity index (χ2n) is 6.17. The molecule has 2 aromatic heterocycles. The van der Waals surface area contributed by atoms with Crippen LogP contribution in [0.15, 0.2) is 36.9 Å². The van der Waals surface area contributed by atoms with E-state index in [1.165, 1.54) is 0 Å². The van der Waals surface area contributed by atoms with Crippen LogP contribution in [-0.2, 0) is 14.1 Å². The zero-order valence-electron chi connectivity index (χ0n) is 13.3. The van der Waals surface area contributed by atoms with Crippen molar-refractivity contribution in [1.82, 2.24) is 19.1 Å². The topological polar surface area (TPSA) is 35.6 Å². The van der Waals surface area contributed by atoms with Gasteiger partial charge in [-0.1, -0.05) is 26.0 Å². The van der Waals surface area contributed by atoms with E-state index in [2.05, 4.69) is 48.1 Å². The van der Waals surface area contributed by atoms with E-state index in [1.54, 1.807) is 0 Å². The number of hydrogen-bond donors (Lipinski definition) is 0. The lowest BCUT2D eigenvalue weighted by molar-refractivity contribution is 0.378. The molecule has 0 radical (unpaired) electrons. The summed E-state index contributed by atoms with van der Waals surface area (Å²) in [4.78, 5) is 8.58. The van der Waals surface area contributed by atoms with Crippen LogP contribution in [0.3, 0.4) is 0 Å². The highest BCUT2D eigenvalue weighted by Crippen LogP contribution is 2.26. The Kier molecular flexibility index (Phi) is 4.78. The molecule has 112 valence electrons. The molecule has 0 unspecified atom stereocenters. The number of nitrogens with zero attached hydrogens (tertiary/aromatic N) is 4. The Morgan fingerprint density at radius 3 is 1.67 bits per heavy atom. The fourth-order valence-corrected chi connectivity index (χ4v) is 2.13. The molecular weight excluding hydrogens is 260 g/mol. The molecule has 0 saturated carbocycles. The number of rotatable bonds is 6. The van der Waals surface area contributed by atoms with Gasteiger partial charge in [0.15, 0.2) is 0 Å². The summed E-state index contributed by atoms with van der Waals surface area (Å²) in [5.41, 5.74) is 0.226. The van der Waals surface area contributed by atoms with Gasteiger partial charge >= 0.3 is 0 Å². The molecule has 2 aromatic rings. The van der Waals surface area contributed by atoms with E-state index in [1.807, 2.05) is 48.0 Å². The highest BCUT2D eigenvalue weighted by Gasteiger charge is 2.14. The highest BCUT2D eigenvalue weighted by molar-refractivity contribution is 5.41. The van der Waals surface area contributed by atoms with Crippen molar-refractivity contribution < 1.29 is 0 Å². The van der Waals surface area contributed by atoms with Crippen LogP contribution in [-0.4, -0.2) is 19.1 Å². The molecule has 0 aliphatic carbocycles. The first-order valence-electron chi connectivity index (χ1n) is 7.26. The molecule has 0 aliphatic rings. The van der Waals surface area contributed by atoms with E-state index < -0.39 is 0 Å². The van der Waals surface area contributed by atoms with Crippen molar-refractivity contribution in [2.45, 2.75) is 26.7 Å². The average Bonchev–Trinajstić information content (AvgIpc) is 2.99. The molecule has 0 spiro atoms. The third kappa shape index (κ3) is 4.45. The molecule has 4 heteroatoms. The van der Waals surface area contributed by atoms with Gasteiger partial charge in [0, 0.05) is 38.9 Å². The molecule has 0 fully saturated rings. The van der Waals surface area contributed by atoms with Gasteiger partial charge in [0.1, 0.15) is 11.6 Å². The van der Waals surface area contributed by atoms with E-state index in [4.69, 9.17) is 0 Å². The maximum absolute atomic E-state index is 4.29. The van der Waals surface area contributed by atoms with Crippen LogP contribution < -0.4 is 0 Å². The fourth-order valence-electron chi connectivity index (χ4n) is 2.13.